The Labute approximate surface area is 166 Å². The van der Waals surface area contributed by atoms with E-state index in [0.717, 1.165) is 10.9 Å². The smallest absolute Gasteiger partial charge is 0.336 e. The Morgan fingerprint density at radius 3 is 2.31 bits per heavy atom. The fraction of sp³-hybridized carbons (Fsp3) is 0.273. The number of carbonyl (C=O) groups is 1. The normalized spacial score (nSPS) is 15.6. The summed E-state index contributed by atoms with van der Waals surface area (Å²) in [5.41, 5.74) is 2.07. The average Bonchev–Trinajstić information content (AvgIpc) is 2.71. The van der Waals surface area contributed by atoms with Gasteiger partial charge in [-0.15, -0.1) is 0 Å². The number of fused-ring (bicyclic) bond motifs is 3. The van der Waals surface area contributed by atoms with Crippen LogP contribution in [0, 0.1) is 6.92 Å². The van der Waals surface area contributed by atoms with Crippen LogP contribution in [0.1, 0.15) is 29.0 Å². The molecule has 0 N–H and O–H groups in total. The van der Waals surface area contributed by atoms with Crippen LogP contribution in [0.3, 0.4) is 0 Å². The summed E-state index contributed by atoms with van der Waals surface area (Å²) in [6, 6.07) is 8.43. The molecular formula is C22H20O7. The summed E-state index contributed by atoms with van der Waals surface area (Å²) < 4.78 is 27.4. The lowest BCUT2D eigenvalue weighted by molar-refractivity contribution is -0.135. The fourth-order valence-electron chi connectivity index (χ4n) is 3.83. The van der Waals surface area contributed by atoms with E-state index < -0.39 is 11.5 Å². The number of hydrogen-bond acceptors (Lipinski definition) is 7. The van der Waals surface area contributed by atoms with Crippen LogP contribution in [-0.4, -0.2) is 27.3 Å². The summed E-state index contributed by atoms with van der Waals surface area (Å²) in [5, 5.41) is 0.783. The highest BCUT2D eigenvalue weighted by Gasteiger charge is 2.34. The van der Waals surface area contributed by atoms with Crippen molar-refractivity contribution in [3.63, 3.8) is 0 Å². The van der Waals surface area contributed by atoms with Crippen molar-refractivity contribution in [3.05, 3.63) is 57.4 Å². The molecule has 4 rings (SSSR count). The molecule has 7 heteroatoms. The molecule has 0 amide bonds. The second-order valence-electron chi connectivity index (χ2n) is 6.78. The topological polar surface area (TPSA) is 84.2 Å². The molecule has 2 aromatic carbocycles. The first-order chi connectivity index (χ1) is 14.0. The second kappa shape index (κ2) is 7.16. The molecule has 2 heterocycles. The predicted octanol–water partition coefficient (Wildman–Crippen LogP) is 3.57. The highest BCUT2D eigenvalue weighted by Crippen LogP contribution is 2.48. The highest BCUT2D eigenvalue weighted by atomic mass is 16.5. The first-order valence-electron chi connectivity index (χ1n) is 9.04. The largest absolute Gasteiger partial charge is 0.496 e. The Morgan fingerprint density at radius 1 is 0.931 bits per heavy atom. The first kappa shape index (κ1) is 18.9. The van der Waals surface area contributed by atoms with Gasteiger partial charge in [0.15, 0.2) is 11.5 Å². The van der Waals surface area contributed by atoms with Crippen molar-refractivity contribution >= 4 is 16.9 Å². The summed E-state index contributed by atoms with van der Waals surface area (Å²) in [4.78, 5) is 24.4. The van der Waals surface area contributed by atoms with Crippen LogP contribution in [0.5, 0.6) is 23.0 Å². The van der Waals surface area contributed by atoms with Gasteiger partial charge in [0.05, 0.1) is 27.8 Å². The average molecular weight is 396 g/mol. The number of ether oxygens (including phenoxy) is 4. The van der Waals surface area contributed by atoms with Crippen LogP contribution in [-0.2, 0) is 4.79 Å². The number of aryl methyl sites for hydroxylation is 1. The van der Waals surface area contributed by atoms with Gasteiger partial charge in [0.25, 0.3) is 0 Å². The molecule has 1 aliphatic heterocycles. The van der Waals surface area contributed by atoms with Crippen LogP contribution < -0.4 is 24.6 Å². The van der Waals surface area contributed by atoms with E-state index in [1.807, 2.05) is 6.92 Å². The molecule has 0 saturated heterocycles. The van der Waals surface area contributed by atoms with Gasteiger partial charge in [-0.1, -0.05) is 0 Å². The molecule has 0 saturated carbocycles. The van der Waals surface area contributed by atoms with Crippen LogP contribution in [0.15, 0.2) is 39.5 Å². The summed E-state index contributed by atoms with van der Waals surface area (Å²) in [5.74, 6) is 1.07. The number of esters is 1. The maximum Gasteiger partial charge on any atom is 0.336 e. The Balaban J connectivity index is 2.04. The third-order valence-corrected chi connectivity index (χ3v) is 5.17. The summed E-state index contributed by atoms with van der Waals surface area (Å²) in [7, 11) is 4.62. The van der Waals surface area contributed by atoms with Crippen LogP contribution in [0.4, 0.5) is 0 Å². The molecule has 0 aliphatic carbocycles. The Hall–Kier alpha value is -3.48. The molecular weight excluding hydrogens is 376 g/mol. The number of methoxy groups -OCH3 is 3. The third kappa shape index (κ3) is 3.08. The van der Waals surface area contributed by atoms with Gasteiger partial charge in [0.2, 0.25) is 0 Å². The minimum absolute atomic E-state index is 0.0651. The van der Waals surface area contributed by atoms with Crippen molar-refractivity contribution in [2.45, 2.75) is 19.3 Å². The molecule has 150 valence electrons. The van der Waals surface area contributed by atoms with Crippen LogP contribution in [0.25, 0.3) is 11.0 Å². The van der Waals surface area contributed by atoms with E-state index in [0.29, 0.717) is 39.7 Å². The molecule has 7 nitrogen and oxygen atoms in total. The monoisotopic (exact) mass is 396 g/mol. The number of benzene rings is 2. The van der Waals surface area contributed by atoms with Crippen LogP contribution >= 0.6 is 0 Å². The van der Waals surface area contributed by atoms with Crippen molar-refractivity contribution in [3.8, 4) is 23.0 Å². The molecule has 0 fully saturated rings. The molecule has 1 aliphatic rings. The molecule has 3 aromatic rings. The molecule has 29 heavy (non-hydrogen) atoms. The van der Waals surface area contributed by atoms with Crippen LogP contribution in [0.2, 0.25) is 0 Å². The summed E-state index contributed by atoms with van der Waals surface area (Å²) in [6.45, 7) is 1.84. The second-order valence-corrected chi connectivity index (χ2v) is 6.78. The van der Waals surface area contributed by atoms with Gasteiger partial charge in [0.1, 0.15) is 17.1 Å². The molecule has 1 aromatic heterocycles. The van der Waals surface area contributed by atoms with E-state index in [-0.39, 0.29) is 12.4 Å². The number of carbonyl (C=O) groups excluding carboxylic acids is 1. The lowest BCUT2D eigenvalue weighted by Crippen LogP contribution is -2.22. The fourth-order valence-corrected chi connectivity index (χ4v) is 3.83. The predicted molar refractivity (Wildman–Crippen MR) is 105 cm³/mol. The molecule has 1 atom stereocenters. The van der Waals surface area contributed by atoms with E-state index >= 15 is 0 Å². The highest BCUT2D eigenvalue weighted by molar-refractivity contribution is 5.90. The zero-order chi connectivity index (χ0) is 20.7. The lowest BCUT2D eigenvalue weighted by atomic mass is 9.84. The van der Waals surface area contributed by atoms with Gasteiger partial charge in [-0.2, -0.15) is 0 Å². The Morgan fingerprint density at radius 2 is 1.62 bits per heavy atom. The summed E-state index contributed by atoms with van der Waals surface area (Å²) in [6.07, 6.45) is 0.0651. The Kier molecular flexibility index (Phi) is 4.66. The quantitative estimate of drug-likeness (QED) is 0.379. The SMILES string of the molecule is COc1cc(OC)c([C@H]2CC(=O)Oc3ccc4c(C)cc(=O)oc4c32)cc1OC. The maximum absolute atomic E-state index is 12.3. The van der Waals surface area contributed by atoms with Gasteiger partial charge < -0.3 is 23.4 Å². The zero-order valence-electron chi connectivity index (χ0n) is 16.5. The van der Waals surface area contributed by atoms with Crippen molar-refractivity contribution < 1.29 is 28.2 Å². The van der Waals surface area contributed by atoms with E-state index in [2.05, 4.69) is 0 Å². The molecule has 0 spiro atoms. The Bertz CT molecular complexity index is 1180. The third-order valence-electron chi connectivity index (χ3n) is 5.17. The standard InChI is InChI=1S/C22H20O7/c1-11-7-19(23)29-22-12(11)5-6-15-21(22)14(9-20(24)28-15)13-8-17(26-3)18(27-4)10-16(13)25-2/h5-8,10,14H,9H2,1-4H3/t14-/m1/s1. The van der Waals surface area contributed by atoms with Gasteiger partial charge in [0, 0.05) is 34.6 Å². The van der Waals surface area contributed by atoms with Crippen molar-refractivity contribution in [1.82, 2.24) is 0 Å². The van der Waals surface area contributed by atoms with E-state index in [1.54, 1.807) is 31.4 Å². The summed E-state index contributed by atoms with van der Waals surface area (Å²) >= 11 is 0. The number of hydrogen-bond donors (Lipinski definition) is 0. The van der Waals surface area contributed by atoms with Gasteiger partial charge >= 0.3 is 11.6 Å². The van der Waals surface area contributed by atoms with Gasteiger partial charge in [-0.05, 0) is 30.7 Å². The van der Waals surface area contributed by atoms with E-state index in [4.69, 9.17) is 23.4 Å². The number of rotatable bonds is 4. The van der Waals surface area contributed by atoms with Crippen molar-refractivity contribution in [2.24, 2.45) is 0 Å². The first-order valence-corrected chi connectivity index (χ1v) is 9.04. The van der Waals surface area contributed by atoms with Gasteiger partial charge in [-0.3, -0.25) is 4.79 Å². The minimum Gasteiger partial charge on any atom is -0.496 e. The van der Waals surface area contributed by atoms with E-state index in [9.17, 15) is 9.59 Å². The zero-order valence-corrected chi connectivity index (χ0v) is 16.5. The molecule has 0 bridgehead atoms. The van der Waals surface area contributed by atoms with Crippen molar-refractivity contribution in [1.29, 1.82) is 0 Å². The maximum atomic E-state index is 12.3. The minimum atomic E-state index is -0.460. The molecule has 0 unspecified atom stereocenters. The molecule has 0 radical (unpaired) electrons. The lowest BCUT2D eigenvalue weighted by Gasteiger charge is -2.27. The van der Waals surface area contributed by atoms with E-state index in [1.165, 1.54) is 20.3 Å². The van der Waals surface area contributed by atoms with Gasteiger partial charge in [-0.25, -0.2) is 4.79 Å². The van der Waals surface area contributed by atoms with Crippen molar-refractivity contribution in [2.75, 3.05) is 21.3 Å².